The van der Waals surface area contributed by atoms with Crippen LogP contribution in [0.15, 0.2) is 36.9 Å². The number of hydrogen-bond donors (Lipinski definition) is 1. The number of pyridine rings is 1. The molecular formula is C20H20ClFN6O3. The maximum Gasteiger partial charge on any atom is 0.234 e. The Morgan fingerprint density at radius 2 is 2.10 bits per heavy atom. The Labute approximate surface area is 183 Å². The third kappa shape index (κ3) is 5.89. The highest BCUT2D eigenvalue weighted by Crippen LogP contribution is 2.24. The number of nitrogens with zero attached hydrogens (tertiary/aromatic N) is 5. The van der Waals surface area contributed by atoms with Gasteiger partial charge in [-0.2, -0.15) is 0 Å². The fourth-order valence-corrected chi connectivity index (χ4v) is 2.92. The van der Waals surface area contributed by atoms with Gasteiger partial charge in [-0.1, -0.05) is 0 Å². The molecule has 3 heterocycles. The zero-order chi connectivity index (χ0) is 22.2. The van der Waals surface area contributed by atoms with Gasteiger partial charge < -0.3 is 14.8 Å². The lowest BCUT2D eigenvalue weighted by atomic mass is 10.0. The van der Waals surface area contributed by atoms with Crippen LogP contribution in [0.25, 0.3) is 11.3 Å². The fraction of sp³-hybridized carbons (Fsp3) is 0.300. The van der Waals surface area contributed by atoms with Crippen molar-refractivity contribution in [2.75, 3.05) is 25.6 Å². The highest BCUT2D eigenvalue weighted by atomic mass is 35.5. The monoisotopic (exact) mass is 446 g/mol. The van der Waals surface area contributed by atoms with Crippen LogP contribution in [0.4, 0.5) is 10.2 Å². The van der Waals surface area contributed by atoms with Crippen LogP contribution in [0.1, 0.15) is 25.0 Å². The van der Waals surface area contributed by atoms with E-state index in [1.165, 1.54) is 38.0 Å². The van der Waals surface area contributed by atoms with Gasteiger partial charge in [0.1, 0.15) is 0 Å². The molecule has 3 aromatic heterocycles. The Morgan fingerprint density at radius 3 is 2.81 bits per heavy atom. The van der Waals surface area contributed by atoms with E-state index in [9.17, 15) is 9.18 Å². The molecule has 31 heavy (non-hydrogen) atoms. The van der Waals surface area contributed by atoms with Crippen LogP contribution in [-0.4, -0.2) is 51.2 Å². The van der Waals surface area contributed by atoms with E-state index in [2.05, 4.69) is 30.2 Å². The van der Waals surface area contributed by atoms with Crippen molar-refractivity contribution >= 4 is 23.3 Å². The summed E-state index contributed by atoms with van der Waals surface area (Å²) in [5.74, 6) is -1.84. The summed E-state index contributed by atoms with van der Waals surface area (Å²) < 4.78 is 25.1. The van der Waals surface area contributed by atoms with Gasteiger partial charge in [-0.3, -0.25) is 9.78 Å². The number of anilines is 1. The Bertz CT molecular complexity index is 1050. The molecule has 1 unspecified atom stereocenters. The molecule has 0 bridgehead atoms. The first-order valence-corrected chi connectivity index (χ1v) is 9.78. The lowest BCUT2D eigenvalue weighted by molar-refractivity contribution is -0.118. The summed E-state index contributed by atoms with van der Waals surface area (Å²) in [4.78, 5) is 33.1. The molecule has 0 aliphatic heterocycles. The average molecular weight is 447 g/mol. The summed E-state index contributed by atoms with van der Waals surface area (Å²) in [6.45, 7) is 2.54. The summed E-state index contributed by atoms with van der Waals surface area (Å²) in [6, 6.07) is 2.79. The molecule has 0 aliphatic carbocycles. The first kappa shape index (κ1) is 22.4. The predicted octanol–water partition coefficient (Wildman–Crippen LogP) is 3.28. The summed E-state index contributed by atoms with van der Waals surface area (Å²) in [7, 11) is 1.52. The zero-order valence-corrected chi connectivity index (χ0v) is 17.6. The molecule has 1 N–H and O–H groups in total. The highest BCUT2D eigenvalue weighted by Gasteiger charge is 2.24. The van der Waals surface area contributed by atoms with Crippen LogP contribution in [-0.2, 0) is 9.53 Å². The average Bonchev–Trinajstić information content (AvgIpc) is 2.76. The topological polar surface area (TPSA) is 112 Å². The number of carbonyl (C=O) groups excluding carboxylic acids is 1. The van der Waals surface area contributed by atoms with Gasteiger partial charge in [0, 0.05) is 31.7 Å². The lowest BCUT2D eigenvalue weighted by Gasteiger charge is -2.16. The first-order valence-electron chi connectivity index (χ1n) is 9.40. The van der Waals surface area contributed by atoms with Crippen LogP contribution < -0.4 is 10.1 Å². The fourth-order valence-electron chi connectivity index (χ4n) is 2.77. The number of rotatable bonds is 9. The maximum absolute atomic E-state index is 14.7. The largest absolute Gasteiger partial charge is 0.477 e. The van der Waals surface area contributed by atoms with Gasteiger partial charge in [0.15, 0.2) is 11.6 Å². The number of nitrogens with one attached hydrogen (secondary N) is 1. The van der Waals surface area contributed by atoms with E-state index in [-0.39, 0.29) is 11.1 Å². The molecule has 9 nitrogen and oxygen atoms in total. The van der Waals surface area contributed by atoms with Crippen molar-refractivity contribution in [3.8, 4) is 17.1 Å². The van der Waals surface area contributed by atoms with E-state index in [1.807, 2.05) is 6.92 Å². The van der Waals surface area contributed by atoms with Crippen molar-refractivity contribution in [1.29, 1.82) is 0 Å². The van der Waals surface area contributed by atoms with Gasteiger partial charge in [0.05, 0.1) is 36.3 Å². The molecule has 1 atom stereocenters. The first-order chi connectivity index (χ1) is 15.0. The van der Waals surface area contributed by atoms with Crippen LogP contribution in [0.3, 0.4) is 0 Å². The number of aromatic nitrogens is 5. The number of hydrogen-bond acceptors (Lipinski definition) is 8. The van der Waals surface area contributed by atoms with Crippen molar-refractivity contribution in [1.82, 2.24) is 24.9 Å². The molecule has 0 radical (unpaired) electrons. The van der Waals surface area contributed by atoms with Crippen LogP contribution in [0.2, 0.25) is 5.28 Å². The molecule has 162 valence electrons. The number of ether oxygens (including phenoxy) is 2. The summed E-state index contributed by atoms with van der Waals surface area (Å²) in [6.07, 6.45) is 6.09. The minimum atomic E-state index is -0.727. The number of methoxy groups -OCH3 is 1. The van der Waals surface area contributed by atoms with Crippen LogP contribution in [0, 0.1) is 5.82 Å². The van der Waals surface area contributed by atoms with Gasteiger partial charge in [0.25, 0.3) is 0 Å². The Hall–Kier alpha value is -3.24. The second-order valence-corrected chi connectivity index (χ2v) is 6.64. The van der Waals surface area contributed by atoms with Crippen LogP contribution >= 0.6 is 11.6 Å². The van der Waals surface area contributed by atoms with Crippen molar-refractivity contribution < 1.29 is 18.7 Å². The van der Waals surface area contributed by atoms with E-state index in [1.54, 1.807) is 6.07 Å². The Balaban J connectivity index is 1.80. The Kier molecular flexibility index (Phi) is 7.74. The van der Waals surface area contributed by atoms with Gasteiger partial charge in [-0.05, 0) is 37.1 Å². The van der Waals surface area contributed by atoms with E-state index < -0.39 is 17.6 Å². The number of amides is 1. The zero-order valence-electron chi connectivity index (χ0n) is 16.9. The van der Waals surface area contributed by atoms with Gasteiger partial charge in [-0.15, -0.1) is 0 Å². The maximum atomic E-state index is 14.7. The third-order valence-electron chi connectivity index (χ3n) is 4.22. The molecule has 0 aromatic carbocycles. The van der Waals surface area contributed by atoms with E-state index in [4.69, 9.17) is 21.1 Å². The molecule has 0 spiro atoms. The lowest BCUT2D eigenvalue weighted by Crippen LogP contribution is -2.24. The van der Waals surface area contributed by atoms with Gasteiger partial charge >= 0.3 is 0 Å². The van der Waals surface area contributed by atoms with Crippen molar-refractivity contribution in [2.45, 2.75) is 19.3 Å². The second-order valence-electron chi connectivity index (χ2n) is 6.30. The molecule has 1 amide bonds. The molecule has 11 heteroatoms. The third-order valence-corrected chi connectivity index (χ3v) is 4.40. The van der Waals surface area contributed by atoms with Crippen molar-refractivity contribution in [2.24, 2.45) is 0 Å². The number of carbonyl (C=O) groups is 1. The van der Waals surface area contributed by atoms with E-state index in [0.29, 0.717) is 42.5 Å². The van der Waals surface area contributed by atoms with Crippen molar-refractivity contribution in [3.63, 3.8) is 0 Å². The van der Waals surface area contributed by atoms with Crippen LogP contribution in [0.5, 0.6) is 5.88 Å². The minimum Gasteiger partial charge on any atom is -0.477 e. The smallest absolute Gasteiger partial charge is 0.234 e. The van der Waals surface area contributed by atoms with E-state index in [0.717, 1.165) is 0 Å². The summed E-state index contributed by atoms with van der Waals surface area (Å²) in [5, 5.41) is 2.51. The predicted molar refractivity (Wildman–Crippen MR) is 111 cm³/mol. The molecule has 0 saturated heterocycles. The summed E-state index contributed by atoms with van der Waals surface area (Å²) in [5.41, 5.74) is 1.18. The molecule has 0 saturated carbocycles. The summed E-state index contributed by atoms with van der Waals surface area (Å²) >= 11 is 5.84. The second kappa shape index (κ2) is 10.7. The van der Waals surface area contributed by atoms with Gasteiger partial charge in [-0.25, -0.2) is 24.3 Å². The normalized spacial score (nSPS) is 11.7. The van der Waals surface area contributed by atoms with Gasteiger partial charge in [0.2, 0.25) is 17.1 Å². The molecular weight excluding hydrogens is 427 g/mol. The quantitative estimate of drug-likeness (QED) is 0.498. The van der Waals surface area contributed by atoms with E-state index >= 15 is 0 Å². The minimum absolute atomic E-state index is 0.0109. The molecule has 0 aliphatic rings. The van der Waals surface area contributed by atoms with Crippen molar-refractivity contribution in [3.05, 3.63) is 53.7 Å². The standard InChI is InChI=1S/C20H20ClFN6O3/c1-3-31-17-11-23-10-16(26-17)12-8-14(22)18(25-9-12)28-19(29)13(5-7-30-2)15-4-6-24-20(21)27-15/h4,6,8-11,13H,3,5,7H2,1-2H3,(H,25,28,29). The molecule has 3 rings (SSSR count). The molecule has 0 fully saturated rings. The molecule has 3 aromatic rings. The Morgan fingerprint density at radius 1 is 1.26 bits per heavy atom. The number of halogens is 2. The SMILES string of the molecule is CCOc1cncc(-c2cnc(NC(=O)C(CCOC)c3ccnc(Cl)n3)c(F)c2)n1. The highest BCUT2D eigenvalue weighted by molar-refractivity contribution is 6.28.